The first-order chi connectivity index (χ1) is 10.4. The topological polar surface area (TPSA) is 24.9 Å². The highest BCUT2D eigenvalue weighted by atomic mass is 14.9. The summed E-state index contributed by atoms with van der Waals surface area (Å²) in [4.78, 5) is 4.01. The molecule has 3 aromatic rings. The van der Waals surface area contributed by atoms with Crippen LogP contribution in [0.2, 0.25) is 0 Å². The molecule has 0 unspecified atom stereocenters. The van der Waals surface area contributed by atoms with E-state index in [-0.39, 0.29) is 0 Å². The Labute approximate surface area is 124 Å². The maximum atomic E-state index is 4.01. The van der Waals surface area contributed by atoms with Crippen molar-refractivity contribution >= 4 is 23.5 Å². The van der Waals surface area contributed by atoms with E-state index in [0.717, 1.165) is 16.9 Å². The van der Waals surface area contributed by atoms with E-state index in [4.69, 9.17) is 0 Å². The van der Waals surface area contributed by atoms with Crippen LogP contribution in [0.1, 0.15) is 11.1 Å². The normalized spacial score (nSPS) is 10.7. The van der Waals surface area contributed by atoms with Crippen LogP contribution in [0.15, 0.2) is 79.1 Å². The first-order valence-corrected chi connectivity index (χ1v) is 6.90. The minimum atomic E-state index is 1.09. The molecule has 1 aromatic heterocycles. The summed E-state index contributed by atoms with van der Waals surface area (Å²) >= 11 is 0. The summed E-state index contributed by atoms with van der Waals surface area (Å²) in [6.45, 7) is 0. The van der Waals surface area contributed by atoms with E-state index in [0.29, 0.717) is 0 Å². The molecule has 0 aliphatic rings. The van der Waals surface area contributed by atoms with Crippen molar-refractivity contribution in [3.8, 4) is 0 Å². The predicted octanol–water partition coefficient (Wildman–Crippen LogP) is 5.00. The van der Waals surface area contributed by atoms with Crippen LogP contribution in [0, 0.1) is 0 Å². The number of hydrogen-bond acceptors (Lipinski definition) is 2. The lowest BCUT2D eigenvalue weighted by Crippen LogP contribution is -1.89. The molecule has 0 atom stereocenters. The molecule has 0 fully saturated rings. The smallest absolute Gasteiger partial charge is 0.0384 e. The quantitative estimate of drug-likeness (QED) is 0.723. The van der Waals surface area contributed by atoms with Crippen molar-refractivity contribution in [3.63, 3.8) is 0 Å². The van der Waals surface area contributed by atoms with Crippen LogP contribution < -0.4 is 5.32 Å². The summed E-state index contributed by atoms with van der Waals surface area (Å²) in [7, 11) is 0. The van der Waals surface area contributed by atoms with E-state index in [1.54, 1.807) is 12.4 Å². The molecule has 2 heteroatoms. The second-order valence-electron chi connectivity index (χ2n) is 4.73. The van der Waals surface area contributed by atoms with Crippen molar-refractivity contribution in [2.45, 2.75) is 0 Å². The lowest BCUT2D eigenvalue weighted by molar-refractivity contribution is 1.32. The van der Waals surface area contributed by atoms with Gasteiger partial charge in [0.1, 0.15) is 0 Å². The minimum Gasteiger partial charge on any atom is -0.356 e. The summed E-state index contributed by atoms with van der Waals surface area (Å²) in [6.07, 6.45) is 7.78. The number of rotatable bonds is 4. The Balaban J connectivity index is 1.68. The zero-order valence-electron chi connectivity index (χ0n) is 11.6. The van der Waals surface area contributed by atoms with Crippen LogP contribution in [-0.4, -0.2) is 4.98 Å². The van der Waals surface area contributed by atoms with Crippen molar-refractivity contribution in [1.82, 2.24) is 4.98 Å². The SMILES string of the molecule is C(=C\c1ccc(Nc2ccccc2)cc1)/c1ccncc1. The Kier molecular flexibility index (Phi) is 4.08. The third kappa shape index (κ3) is 3.80. The van der Waals surface area contributed by atoms with Crippen LogP contribution in [-0.2, 0) is 0 Å². The van der Waals surface area contributed by atoms with Gasteiger partial charge >= 0.3 is 0 Å². The first kappa shape index (κ1) is 13.1. The Bertz CT molecular complexity index is 702. The van der Waals surface area contributed by atoms with Crippen LogP contribution >= 0.6 is 0 Å². The average Bonchev–Trinajstić information content (AvgIpc) is 2.56. The molecular formula is C19H16N2. The molecule has 21 heavy (non-hydrogen) atoms. The molecule has 102 valence electrons. The van der Waals surface area contributed by atoms with Gasteiger partial charge in [0.25, 0.3) is 0 Å². The molecular weight excluding hydrogens is 256 g/mol. The molecule has 0 radical (unpaired) electrons. The molecule has 0 saturated carbocycles. The fourth-order valence-corrected chi connectivity index (χ4v) is 2.03. The van der Waals surface area contributed by atoms with Gasteiger partial charge in [-0.05, 0) is 47.5 Å². The van der Waals surface area contributed by atoms with Crippen LogP contribution in [0.25, 0.3) is 12.2 Å². The Morgan fingerprint density at radius 2 is 1.19 bits per heavy atom. The van der Waals surface area contributed by atoms with Crippen molar-refractivity contribution in [3.05, 3.63) is 90.3 Å². The molecule has 0 saturated heterocycles. The van der Waals surface area contributed by atoms with Gasteiger partial charge in [-0.3, -0.25) is 4.98 Å². The lowest BCUT2D eigenvalue weighted by Gasteiger charge is -2.06. The highest BCUT2D eigenvalue weighted by Gasteiger charge is 1.93. The van der Waals surface area contributed by atoms with Crippen LogP contribution in [0.4, 0.5) is 11.4 Å². The maximum Gasteiger partial charge on any atom is 0.0384 e. The van der Waals surface area contributed by atoms with Crippen molar-refractivity contribution in [1.29, 1.82) is 0 Å². The fourth-order valence-electron chi connectivity index (χ4n) is 2.03. The number of nitrogens with zero attached hydrogens (tertiary/aromatic N) is 1. The monoisotopic (exact) mass is 272 g/mol. The van der Waals surface area contributed by atoms with Gasteiger partial charge < -0.3 is 5.32 Å². The number of benzene rings is 2. The molecule has 0 amide bonds. The summed E-state index contributed by atoms with van der Waals surface area (Å²) in [5.74, 6) is 0. The van der Waals surface area contributed by atoms with E-state index >= 15 is 0 Å². The van der Waals surface area contributed by atoms with Crippen LogP contribution in [0.3, 0.4) is 0 Å². The van der Waals surface area contributed by atoms with Crippen molar-refractivity contribution < 1.29 is 0 Å². The van der Waals surface area contributed by atoms with E-state index in [2.05, 4.69) is 58.9 Å². The van der Waals surface area contributed by atoms with E-state index in [9.17, 15) is 0 Å². The van der Waals surface area contributed by atoms with Gasteiger partial charge in [0.2, 0.25) is 0 Å². The van der Waals surface area contributed by atoms with Gasteiger partial charge in [0.05, 0.1) is 0 Å². The fraction of sp³-hybridized carbons (Fsp3) is 0. The number of nitrogens with one attached hydrogen (secondary N) is 1. The van der Waals surface area contributed by atoms with Gasteiger partial charge in [-0.2, -0.15) is 0 Å². The second kappa shape index (κ2) is 6.53. The van der Waals surface area contributed by atoms with Gasteiger partial charge in [0.15, 0.2) is 0 Å². The van der Waals surface area contributed by atoms with Crippen molar-refractivity contribution in [2.24, 2.45) is 0 Å². The summed E-state index contributed by atoms with van der Waals surface area (Å²) in [5.41, 5.74) is 4.50. The highest BCUT2D eigenvalue weighted by Crippen LogP contribution is 2.17. The summed E-state index contributed by atoms with van der Waals surface area (Å²) < 4.78 is 0. The van der Waals surface area contributed by atoms with Gasteiger partial charge in [-0.15, -0.1) is 0 Å². The van der Waals surface area contributed by atoms with Gasteiger partial charge in [-0.25, -0.2) is 0 Å². The molecule has 2 nitrogen and oxygen atoms in total. The maximum absolute atomic E-state index is 4.01. The number of pyridine rings is 1. The first-order valence-electron chi connectivity index (χ1n) is 6.90. The van der Waals surface area contributed by atoms with Crippen LogP contribution in [0.5, 0.6) is 0 Å². The highest BCUT2D eigenvalue weighted by molar-refractivity contribution is 5.71. The molecule has 3 rings (SSSR count). The van der Waals surface area contributed by atoms with Gasteiger partial charge in [-0.1, -0.05) is 42.5 Å². The molecule has 1 N–H and O–H groups in total. The van der Waals surface area contributed by atoms with E-state index in [1.807, 2.05) is 30.3 Å². The Morgan fingerprint density at radius 3 is 1.86 bits per heavy atom. The second-order valence-corrected chi connectivity index (χ2v) is 4.73. The molecule has 2 aromatic carbocycles. The predicted molar refractivity (Wildman–Crippen MR) is 89.3 cm³/mol. The standard InChI is InChI=1S/C19H16N2/c1-2-4-18(5-3-1)21-19-10-8-16(9-11-19)6-7-17-12-14-20-15-13-17/h1-15,21H/b7-6+. The van der Waals surface area contributed by atoms with Gasteiger partial charge in [0, 0.05) is 23.8 Å². The molecule has 1 heterocycles. The third-order valence-corrected chi connectivity index (χ3v) is 3.15. The lowest BCUT2D eigenvalue weighted by atomic mass is 10.1. The van der Waals surface area contributed by atoms with Crippen molar-refractivity contribution in [2.75, 3.05) is 5.32 Å². The molecule has 0 spiro atoms. The third-order valence-electron chi connectivity index (χ3n) is 3.15. The molecule has 0 aliphatic heterocycles. The Hall–Kier alpha value is -2.87. The van der Waals surface area contributed by atoms with E-state index < -0.39 is 0 Å². The number of aromatic nitrogens is 1. The zero-order valence-corrected chi connectivity index (χ0v) is 11.6. The number of hydrogen-bond donors (Lipinski definition) is 1. The summed E-state index contributed by atoms with van der Waals surface area (Å²) in [6, 6.07) is 22.5. The zero-order chi connectivity index (χ0) is 14.3. The number of para-hydroxylation sites is 1. The van der Waals surface area contributed by atoms with E-state index in [1.165, 1.54) is 5.56 Å². The number of anilines is 2. The molecule has 0 aliphatic carbocycles. The molecule has 0 bridgehead atoms. The average molecular weight is 272 g/mol. The minimum absolute atomic E-state index is 1.09. The Morgan fingerprint density at radius 1 is 0.619 bits per heavy atom. The largest absolute Gasteiger partial charge is 0.356 e. The summed E-state index contributed by atoms with van der Waals surface area (Å²) in [5, 5.41) is 3.37.